The highest BCUT2D eigenvalue weighted by Crippen LogP contribution is 2.21. The number of thiocarbonyl (C=S) groups is 1. The van der Waals surface area contributed by atoms with E-state index in [0.717, 1.165) is 18.0 Å². The molecule has 0 spiro atoms. The molecular weight excluding hydrogens is 316 g/mol. The minimum atomic E-state index is -0.182. The largest absolute Gasteiger partial charge is 0.468 e. The van der Waals surface area contributed by atoms with Crippen LogP contribution in [0.4, 0.5) is 5.69 Å². The van der Waals surface area contributed by atoms with Gasteiger partial charge in [-0.15, -0.1) is 11.8 Å². The number of methoxy groups -OCH3 is 1. The Hall–Kier alpha value is -1.27. The van der Waals surface area contributed by atoms with Gasteiger partial charge in [0.1, 0.15) is 5.25 Å². The van der Waals surface area contributed by atoms with Crippen molar-refractivity contribution in [2.24, 2.45) is 0 Å². The van der Waals surface area contributed by atoms with E-state index in [4.69, 9.17) is 17.0 Å². The summed E-state index contributed by atoms with van der Waals surface area (Å²) >= 11 is 7.09. The molecule has 1 saturated heterocycles. The molecule has 0 unspecified atom stereocenters. The molecule has 0 saturated carbocycles. The predicted octanol–water partition coefficient (Wildman–Crippen LogP) is 3.10. The minimum absolute atomic E-state index is 0.165. The van der Waals surface area contributed by atoms with Crippen molar-refractivity contribution in [1.82, 2.24) is 4.90 Å². The number of thioether (sulfide) groups is 1. The fraction of sp³-hybridized carbons (Fsp3) is 0.500. The Morgan fingerprint density at radius 1 is 1.41 bits per heavy atom. The highest BCUT2D eigenvalue weighted by molar-refractivity contribution is 8.00. The lowest BCUT2D eigenvalue weighted by Gasteiger charge is -2.33. The van der Waals surface area contributed by atoms with Crippen LogP contribution in [0.15, 0.2) is 24.3 Å². The van der Waals surface area contributed by atoms with Crippen LogP contribution >= 0.6 is 24.0 Å². The quantitative estimate of drug-likeness (QED) is 0.675. The number of nitrogens with one attached hydrogen (secondary N) is 1. The van der Waals surface area contributed by atoms with Gasteiger partial charge in [0.15, 0.2) is 5.11 Å². The van der Waals surface area contributed by atoms with E-state index in [1.807, 2.05) is 17.0 Å². The molecule has 1 aromatic carbocycles. The molecule has 1 fully saturated rings. The van der Waals surface area contributed by atoms with Crippen LogP contribution in [0, 0.1) is 0 Å². The highest BCUT2D eigenvalue weighted by Gasteiger charge is 2.28. The molecule has 1 aliphatic heterocycles. The summed E-state index contributed by atoms with van der Waals surface area (Å²) in [5.74, 6) is 1.20. The number of nitrogens with zero attached hydrogens (tertiary/aromatic N) is 1. The summed E-state index contributed by atoms with van der Waals surface area (Å²) < 4.78 is 4.82. The van der Waals surface area contributed by atoms with Crippen LogP contribution in [0.25, 0.3) is 0 Å². The third-order valence-corrected chi connectivity index (χ3v) is 5.17. The SMILES string of the molecule is COC(=O)[C@H]1CN(C(=S)Nc2ccc(C(C)C)cc2)CCS1. The number of anilines is 1. The molecule has 6 heteroatoms. The van der Waals surface area contributed by atoms with Crippen molar-refractivity contribution in [1.29, 1.82) is 0 Å². The Labute approximate surface area is 141 Å². The minimum Gasteiger partial charge on any atom is -0.468 e. The number of benzene rings is 1. The molecule has 120 valence electrons. The maximum Gasteiger partial charge on any atom is 0.320 e. The molecule has 0 bridgehead atoms. The third-order valence-electron chi connectivity index (χ3n) is 3.65. The highest BCUT2D eigenvalue weighted by atomic mass is 32.2. The number of rotatable bonds is 3. The van der Waals surface area contributed by atoms with Gasteiger partial charge in [-0.05, 0) is 35.8 Å². The Kier molecular flexibility index (Phi) is 6.08. The Morgan fingerprint density at radius 2 is 2.09 bits per heavy atom. The summed E-state index contributed by atoms with van der Waals surface area (Å²) in [4.78, 5) is 13.7. The lowest BCUT2D eigenvalue weighted by atomic mass is 10.0. The molecule has 1 aromatic rings. The molecule has 1 heterocycles. The average molecular weight is 338 g/mol. The summed E-state index contributed by atoms with van der Waals surface area (Å²) in [6.45, 7) is 5.78. The van der Waals surface area contributed by atoms with E-state index in [1.54, 1.807) is 11.8 Å². The lowest BCUT2D eigenvalue weighted by molar-refractivity contribution is -0.140. The van der Waals surface area contributed by atoms with E-state index in [-0.39, 0.29) is 11.2 Å². The average Bonchev–Trinajstić information content (AvgIpc) is 2.54. The van der Waals surface area contributed by atoms with Gasteiger partial charge in [0.25, 0.3) is 0 Å². The number of hydrogen-bond donors (Lipinski definition) is 1. The van der Waals surface area contributed by atoms with Gasteiger partial charge in [-0.2, -0.15) is 0 Å². The van der Waals surface area contributed by atoms with Crippen molar-refractivity contribution < 1.29 is 9.53 Å². The molecule has 2 rings (SSSR count). The van der Waals surface area contributed by atoms with E-state index in [2.05, 4.69) is 31.3 Å². The Bertz CT molecular complexity index is 531. The van der Waals surface area contributed by atoms with Crippen LogP contribution in [0.2, 0.25) is 0 Å². The molecule has 0 radical (unpaired) electrons. The molecule has 0 amide bonds. The fourth-order valence-corrected chi connectivity index (χ4v) is 3.67. The van der Waals surface area contributed by atoms with Gasteiger partial charge in [0.2, 0.25) is 0 Å². The summed E-state index contributed by atoms with van der Waals surface area (Å²) in [6.07, 6.45) is 0. The van der Waals surface area contributed by atoms with Gasteiger partial charge >= 0.3 is 5.97 Å². The van der Waals surface area contributed by atoms with Gasteiger partial charge < -0.3 is 15.0 Å². The van der Waals surface area contributed by atoms with E-state index in [9.17, 15) is 4.79 Å². The summed E-state index contributed by atoms with van der Waals surface area (Å²) in [5.41, 5.74) is 2.28. The van der Waals surface area contributed by atoms with Gasteiger partial charge in [-0.25, -0.2) is 0 Å². The van der Waals surface area contributed by atoms with E-state index in [1.165, 1.54) is 12.7 Å². The van der Waals surface area contributed by atoms with Crippen LogP contribution < -0.4 is 5.32 Å². The smallest absolute Gasteiger partial charge is 0.320 e. The Balaban J connectivity index is 1.95. The second kappa shape index (κ2) is 7.83. The first-order valence-corrected chi connectivity index (χ1v) is 8.82. The van der Waals surface area contributed by atoms with Crippen molar-refractivity contribution in [3.05, 3.63) is 29.8 Å². The van der Waals surface area contributed by atoms with Crippen LogP contribution in [0.3, 0.4) is 0 Å². The van der Waals surface area contributed by atoms with Crippen molar-refractivity contribution in [2.75, 3.05) is 31.3 Å². The number of esters is 1. The van der Waals surface area contributed by atoms with Crippen LogP contribution in [0.1, 0.15) is 25.3 Å². The zero-order valence-corrected chi connectivity index (χ0v) is 14.8. The van der Waals surface area contributed by atoms with Crippen LogP contribution in [0.5, 0.6) is 0 Å². The molecule has 22 heavy (non-hydrogen) atoms. The van der Waals surface area contributed by atoms with E-state index in [0.29, 0.717) is 17.6 Å². The third kappa shape index (κ3) is 4.36. The standard InChI is InChI=1S/C16H22N2O2S2/c1-11(2)12-4-6-13(7-5-12)17-16(21)18-8-9-22-14(10-18)15(19)20-3/h4-7,11,14H,8-10H2,1-3H3,(H,17,21)/t14-/m1/s1. The molecule has 0 aliphatic carbocycles. The normalized spacial score (nSPS) is 18.2. The van der Waals surface area contributed by atoms with Gasteiger partial charge in [0.05, 0.1) is 7.11 Å². The number of hydrogen-bond acceptors (Lipinski definition) is 4. The van der Waals surface area contributed by atoms with Crippen LogP contribution in [-0.2, 0) is 9.53 Å². The number of ether oxygens (including phenoxy) is 1. The van der Waals surface area contributed by atoms with Crippen molar-refractivity contribution in [3.63, 3.8) is 0 Å². The van der Waals surface area contributed by atoms with Crippen molar-refractivity contribution >= 4 is 40.7 Å². The number of carbonyl (C=O) groups excluding carboxylic acids is 1. The van der Waals surface area contributed by atoms with Gasteiger partial charge in [-0.3, -0.25) is 4.79 Å². The fourth-order valence-electron chi connectivity index (χ4n) is 2.26. The molecule has 1 aliphatic rings. The zero-order valence-electron chi connectivity index (χ0n) is 13.2. The zero-order chi connectivity index (χ0) is 16.1. The lowest BCUT2D eigenvalue weighted by Crippen LogP contribution is -2.46. The second-order valence-corrected chi connectivity index (χ2v) is 7.23. The second-order valence-electron chi connectivity index (χ2n) is 5.54. The molecular formula is C16H22N2O2S2. The van der Waals surface area contributed by atoms with Crippen molar-refractivity contribution in [3.8, 4) is 0 Å². The molecule has 0 aromatic heterocycles. The first kappa shape index (κ1) is 17.1. The van der Waals surface area contributed by atoms with Crippen molar-refractivity contribution in [2.45, 2.75) is 25.0 Å². The maximum atomic E-state index is 11.7. The molecule has 4 nitrogen and oxygen atoms in total. The predicted molar refractivity (Wildman–Crippen MR) is 96.6 cm³/mol. The van der Waals surface area contributed by atoms with Gasteiger partial charge in [0, 0.05) is 24.5 Å². The molecule has 1 N–H and O–H groups in total. The summed E-state index contributed by atoms with van der Waals surface area (Å²) in [7, 11) is 1.43. The van der Waals surface area contributed by atoms with Gasteiger partial charge in [-0.1, -0.05) is 26.0 Å². The monoisotopic (exact) mass is 338 g/mol. The summed E-state index contributed by atoms with van der Waals surface area (Å²) in [5, 5.41) is 3.75. The molecule has 1 atom stereocenters. The maximum absolute atomic E-state index is 11.7. The summed E-state index contributed by atoms with van der Waals surface area (Å²) in [6, 6.07) is 8.30. The van der Waals surface area contributed by atoms with E-state index >= 15 is 0 Å². The number of carbonyl (C=O) groups is 1. The Morgan fingerprint density at radius 3 is 2.68 bits per heavy atom. The topological polar surface area (TPSA) is 41.6 Å². The first-order valence-electron chi connectivity index (χ1n) is 7.36. The first-order chi connectivity index (χ1) is 10.5. The van der Waals surface area contributed by atoms with Crippen LogP contribution in [-0.4, -0.2) is 47.2 Å². The van der Waals surface area contributed by atoms with E-state index < -0.39 is 0 Å².